The molecule has 7 nitrogen and oxygen atoms in total. The maximum atomic E-state index is 10.8. The van der Waals surface area contributed by atoms with Crippen molar-refractivity contribution < 1.29 is 4.92 Å². The van der Waals surface area contributed by atoms with Gasteiger partial charge in [0.05, 0.1) is 10.3 Å². The van der Waals surface area contributed by atoms with Crippen LogP contribution in [0.15, 0.2) is 12.4 Å². The SMILES string of the molecule is O=[N+]([O-])c1cc2c(NCC3CCNC3)ncnc2s1. The Balaban J connectivity index is 1.83. The van der Waals surface area contributed by atoms with Gasteiger partial charge in [0.25, 0.3) is 0 Å². The molecule has 1 aliphatic rings. The van der Waals surface area contributed by atoms with Crippen molar-refractivity contribution in [2.24, 2.45) is 5.92 Å². The molecule has 2 N–H and O–H groups in total. The zero-order chi connectivity index (χ0) is 13.2. The number of rotatable bonds is 4. The molecule has 1 aliphatic heterocycles. The Bertz CT molecular complexity index is 608. The lowest BCUT2D eigenvalue weighted by Gasteiger charge is -2.10. The summed E-state index contributed by atoms with van der Waals surface area (Å²) in [5, 5.41) is 18.2. The van der Waals surface area contributed by atoms with Gasteiger partial charge in [0, 0.05) is 12.6 Å². The van der Waals surface area contributed by atoms with E-state index in [0.29, 0.717) is 16.6 Å². The van der Waals surface area contributed by atoms with Crippen LogP contribution in [0.2, 0.25) is 0 Å². The summed E-state index contributed by atoms with van der Waals surface area (Å²) in [4.78, 5) is 19.3. The van der Waals surface area contributed by atoms with Gasteiger partial charge in [-0.1, -0.05) is 0 Å². The van der Waals surface area contributed by atoms with Gasteiger partial charge in [0.2, 0.25) is 0 Å². The van der Waals surface area contributed by atoms with Crippen LogP contribution in [-0.2, 0) is 0 Å². The van der Waals surface area contributed by atoms with Crippen LogP contribution in [0.4, 0.5) is 10.8 Å². The fourth-order valence-corrected chi connectivity index (χ4v) is 3.02. The first-order valence-electron chi connectivity index (χ1n) is 6.07. The number of hydrogen-bond acceptors (Lipinski definition) is 7. The second-order valence-corrected chi connectivity index (χ2v) is 5.53. The molecule has 19 heavy (non-hydrogen) atoms. The molecular weight excluding hydrogens is 266 g/mol. The lowest BCUT2D eigenvalue weighted by molar-refractivity contribution is -0.380. The van der Waals surface area contributed by atoms with Crippen molar-refractivity contribution in [1.29, 1.82) is 0 Å². The average Bonchev–Trinajstić information content (AvgIpc) is 3.05. The van der Waals surface area contributed by atoms with E-state index in [4.69, 9.17) is 0 Å². The van der Waals surface area contributed by atoms with Crippen molar-refractivity contribution in [3.8, 4) is 0 Å². The van der Waals surface area contributed by atoms with E-state index >= 15 is 0 Å². The molecule has 0 amide bonds. The third-order valence-corrected chi connectivity index (χ3v) is 4.21. The number of anilines is 1. The summed E-state index contributed by atoms with van der Waals surface area (Å²) in [5.41, 5.74) is 0. The second-order valence-electron chi connectivity index (χ2n) is 4.52. The molecule has 0 radical (unpaired) electrons. The van der Waals surface area contributed by atoms with E-state index in [1.54, 1.807) is 0 Å². The van der Waals surface area contributed by atoms with Gasteiger partial charge in [-0.15, -0.1) is 0 Å². The number of thiophene rings is 1. The third-order valence-electron chi connectivity index (χ3n) is 3.22. The molecule has 8 heteroatoms. The van der Waals surface area contributed by atoms with E-state index in [9.17, 15) is 10.1 Å². The Kier molecular flexibility index (Phi) is 3.26. The normalized spacial score (nSPS) is 18.8. The molecule has 2 aromatic heterocycles. The van der Waals surface area contributed by atoms with Crippen molar-refractivity contribution in [3.05, 3.63) is 22.5 Å². The van der Waals surface area contributed by atoms with Crippen molar-refractivity contribution in [3.63, 3.8) is 0 Å². The number of nitro groups is 1. The second kappa shape index (κ2) is 5.06. The molecule has 3 rings (SSSR count). The van der Waals surface area contributed by atoms with Gasteiger partial charge in [-0.25, -0.2) is 9.97 Å². The van der Waals surface area contributed by atoms with E-state index in [-0.39, 0.29) is 5.00 Å². The minimum absolute atomic E-state index is 0.0982. The highest BCUT2D eigenvalue weighted by Gasteiger charge is 2.17. The molecule has 1 atom stereocenters. The Labute approximate surface area is 113 Å². The fraction of sp³-hybridized carbons (Fsp3) is 0.455. The molecule has 0 bridgehead atoms. The number of nitrogens with one attached hydrogen (secondary N) is 2. The number of fused-ring (bicyclic) bond motifs is 1. The highest BCUT2D eigenvalue weighted by Crippen LogP contribution is 2.33. The molecule has 0 spiro atoms. The van der Waals surface area contributed by atoms with Crippen molar-refractivity contribution >= 4 is 32.4 Å². The summed E-state index contributed by atoms with van der Waals surface area (Å²) in [5.74, 6) is 1.26. The average molecular weight is 279 g/mol. The van der Waals surface area contributed by atoms with Crippen molar-refractivity contribution in [1.82, 2.24) is 15.3 Å². The van der Waals surface area contributed by atoms with Crippen LogP contribution in [0.25, 0.3) is 10.2 Å². The van der Waals surface area contributed by atoms with E-state index in [2.05, 4.69) is 20.6 Å². The molecule has 1 saturated heterocycles. The first-order valence-corrected chi connectivity index (χ1v) is 6.89. The summed E-state index contributed by atoms with van der Waals surface area (Å²) in [6, 6.07) is 1.54. The molecule has 2 aromatic rings. The Morgan fingerprint density at radius 3 is 3.21 bits per heavy atom. The van der Waals surface area contributed by atoms with Gasteiger partial charge in [-0.3, -0.25) is 10.1 Å². The van der Waals surface area contributed by atoms with Crippen LogP contribution >= 0.6 is 11.3 Å². The van der Waals surface area contributed by atoms with Gasteiger partial charge in [-0.05, 0) is 36.8 Å². The summed E-state index contributed by atoms with van der Waals surface area (Å²) < 4.78 is 0. The highest BCUT2D eigenvalue weighted by atomic mass is 32.1. The number of aromatic nitrogens is 2. The van der Waals surface area contributed by atoms with E-state index in [1.807, 2.05) is 0 Å². The van der Waals surface area contributed by atoms with E-state index in [1.165, 1.54) is 12.4 Å². The van der Waals surface area contributed by atoms with Crippen molar-refractivity contribution in [2.75, 3.05) is 25.0 Å². The van der Waals surface area contributed by atoms with Gasteiger partial charge in [0.15, 0.2) is 0 Å². The molecule has 1 fully saturated rings. The molecule has 3 heterocycles. The summed E-state index contributed by atoms with van der Waals surface area (Å²) in [7, 11) is 0. The lowest BCUT2D eigenvalue weighted by atomic mass is 10.1. The van der Waals surface area contributed by atoms with Crippen LogP contribution < -0.4 is 10.6 Å². The van der Waals surface area contributed by atoms with Crippen LogP contribution in [0, 0.1) is 16.0 Å². The van der Waals surface area contributed by atoms with E-state index < -0.39 is 4.92 Å². The fourth-order valence-electron chi connectivity index (χ4n) is 2.20. The molecule has 100 valence electrons. The van der Waals surface area contributed by atoms with Crippen LogP contribution in [0.3, 0.4) is 0 Å². The topological polar surface area (TPSA) is 93.0 Å². The monoisotopic (exact) mass is 279 g/mol. The first kappa shape index (κ1) is 12.2. The van der Waals surface area contributed by atoms with Gasteiger partial charge < -0.3 is 10.6 Å². The zero-order valence-corrected chi connectivity index (χ0v) is 10.9. The van der Waals surface area contributed by atoms with E-state index in [0.717, 1.165) is 42.8 Å². The van der Waals surface area contributed by atoms with Crippen LogP contribution in [0.1, 0.15) is 6.42 Å². The number of hydrogen-bond donors (Lipinski definition) is 2. The molecule has 0 aliphatic carbocycles. The minimum Gasteiger partial charge on any atom is -0.369 e. The molecule has 1 unspecified atom stereocenters. The first-order chi connectivity index (χ1) is 9.24. The quantitative estimate of drug-likeness (QED) is 0.652. The zero-order valence-electron chi connectivity index (χ0n) is 10.1. The third kappa shape index (κ3) is 2.49. The summed E-state index contributed by atoms with van der Waals surface area (Å²) >= 11 is 1.08. The summed E-state index contributed by atoms with van der Waals surface area (Å²) in [6.45, 7) is 2.88. The molecular formula is C11H13N5O2S. The molecule has 0 aromatic carbocycles. The molecule has 0 saturated carbocycles. The Hall–Kier alpha value is -1.80. The standard InChI is InChI=1S/C11H13N5O2S/c17-16(18)9-3-8-10(14-6-15-11(8)19-9)13-5-7-1-2-12-4-7/h3,6-7,12H,1-2,4-5H2,(H,13,14,15). The van der Waals surface area contributed by atoms with Gasteiger partial charge in [-0.2, -0.15) is 0 Å². The minimum atomic E-state index is -0.392. The predicted molar refractivity (Wildman–Crippen MR) is 73.5 cm³/mol. The highest BCUT2D eigenvalue weighted by molar-refractivity contribution is 7.21. The van der Waals surface area contributed by atoms with Gasteiger partial charge >= 0.3 is 5.00 Å². The smallest absolute Gasteiger partial charge is 0.326 e. The predicted octanol–water partition coefficient (Wildman–Crippen LogP) is 1.62. The van der Waals surface area contributed by atoms with Crippen molar-refractivity contribution in [2.45, 2.75) is 6.42 Å². The maximum absolute atomic E-state index is 10.8. The van der Waals surface area contributed by atoms with Crippen LogP contribution in [-0.4, -0.2) is 34.5 Å². The Morgan fingerprint density at radius 1 is 1.58 bits per heavy atom. The van der Waals surface area contributed by atoms with Gasteiger partial charge in [0.1, 0.15) is 17.0 Å². The largest absolute Gasteiger partial charge is 0.369 e. The van der Waals surface area contributed by atoms with Crippen LogP contribution in [0.5, 0.6) is 0 Å². The maximum Gasteiger partial charge on any atom is 0.326 e. The Morgan fingerprint density at radius 2 is 2.47 bits per heavy atom. The lowest BCUT2D eigenvalue weighted by Crippen LogP contribution is -2.17. The summed E-state index contributed by atoms with van der Waals surface area (Å²) in [6.07, 6.45) is 2.59. The number of nitrogens with zero attached hydrogens (tertiary/aromatic N) is 3.